The molecule has 1 amide bonds. The van der Waals surface area contributed by atoms with Gasteiger partial charge in [-0.1, -0.05) is 30.3 Å². The van der Waals surface area contributed by atoms with Gasteiger partial charge in [0.1, 0.15) is 9.88 Å². The number of rotatable bonds is 6. The number of pyridine rings is 1. The van der Waals surface area contributed by atoms with Crippen LogP contribution in [0.5, 0.6) is 0 Å². The molecule has 1 aromatic carbocycles. The number of nitrogens with zero attached hydrogens (tertiary/aromatic N) is 3. The van der Waals surface area contributed by atoms with Crippen molar-refractivity contribution in [3.05, 3.63) is 86.4 Å². The molecule has 4 rings (SSSR count). The lowest BCUT2D eigenvalue weighted by Gasteiger charge is -2.01. The molecular weight excluding hydrogens is 388 g/mol. The third-order valence-electron chi connectivity index (χ3n) is 4.17. The summed E-state index contributed by atoms with van der Waals surface area (Å²) < 4.78 is 0. The molecule has 3 aromatic heterocycles. The number of aryl methyl sites for hydroxylation is 1. The Morgan fingerprint density at radius 1 is 1.04 bits per heavy atom. The summed E-state index contributed by atoms with van der Waals surface area (Å²) in [6.07, 6.45) is 4.23. The molecule has 0 spiro atoms. The zero-order chi connectivity index (χ0) is 19.3. The monoisotopic (exact) mass is 406 g/mol. The summed E-state index contributed by atoms with van der Waals surface area (Å²) in [4.78, 5) is 26.5. The van der Waals surface area contributed by atoms with E-state index in [1.807, 2.05) is 42.6 Å². The van der Waals surface area contributed by atoms with Crippen molar-refractivity contribution in [2.75, 3.05) is 0 Å². The zero-order valence-electron chi connectivity index (χ0n) is 15.3. The summed E-state index contributed by atoms with van der Waals surface area (Å²) in [5.41, 5.74) is 3.88. The van der Waals surface area contributed by atoms with Crippen molar-refractivity contribution in [2.24, 2.45) is 0 Å². The SMILES string of the molecule is Cc1nc(Cc2ccccc2)sc1C(=O)NCc1nc(-c2ccncc2)cs1. The van der Waals surface area contributed by atoms with Crippen LogP contribution in [0.1, 0.15) is 30.9 Å². The van der Waals surface area contributed by atoms with Crippen molar-refractivity contribution in [3.8, 4) is 11.3 Å². The molecule has 0 saturated heterocycles. The smallest absolute Gasteiger partial charge is 0.263 e. The molecule has 0 radical (unpaired) electrons. The van der Waals surface area contributed by atoms with Gasteiger partial charge in [0.15, 0.2) is 0 Å². The van der Waals surface area contributed by atoms with Gasteiger partial charge in [-0.2, -0.15) is 0 Å². The normalized spacial score (nSPS) is 10.8. The van der Waals surface area contributed by atoms with E-state index in [-0.39, 0.29) is 5.91 Å². The molecule has 4 aromatic rings. The Morgan fingerprint density at radius 3 is 2.61 bits per heavy atom. The number of aromatic nitrogens is 3. The second-order valence-corrected chi connectivity index (χ2v) is 8.26. The van der Waals surface area contributed by atoms with Gasteiger partial charge in [0.05, 0.1) is 22.9 Å². The first-order chi connectivity index (χ1) is 13.7. The fourth-order valence-electron chi connectivity index (χ4n) is 2.79. The predicted octanol–water partition coefficient (Wildman–Crippen LogP) is 4.49. The van der Waals surface area contributed by atoms with Crippen LogP contribution in [0.2, 0.25) is 0 Å². The van der Waals surface area contributed by atoms with E-state index in [4.69, 9.17) is 0 Å². The number of benzene rings is 1. The van der Waals surface area contributed by atoms with Gasteiger partial charge in [-0.3, -0.25) is 9.78 Å². The Balaban J connectivity index is 1.40. The zero-order valence-corrected chi connectivity index (χ0v) is 16.9. The van der Waals surface area contributed by atoms with Crippen LogP contribution in [0.3, 0.4) is 0 Å². The third kappa shape index (κ3) is 4.32. The molecule has 0 saturated carbocycles. The lowest BCUT2D eigenvalue weighted by molar-refractivity contribution is 0.0954. The third-order valence-corrected chi connectivity index (χ3v) is 6.18. The molecular formula is C21H18N4OS2. The van der Waals surface area contributed by atoms with Crippen LogP contribution in [0, 0.1) is 6.92 Å². The van der Waals surface area contributed by atoms with Gasteiger partial charge in [-0.15, -0.1) is 22.7 Å². The Hall–Kier alpha value is -2.90. The van der Waals surface area contributed by atoms with E-state index < -0.39 is 0 Å². The maximum atomic E-state index is 12.6. The van der Waals surface area contributed by atoms with Gasteiger partial charge in [0.2, 0.25) is 0 Å². The maximum absolute atomic E-state index is 12.6. The number of carbonyl (C=O) groups is 1. The minimum atomic E-state index is -0.102. The summed E-state index contributed by atoms with van der Waals surface area (Å²) >= 11 is 2.99. The number of amides is 1. The van der Waals surface area contributed by atoms with Crippen molar-refractivity contribution < 1.29 is 4.79 Å². The molecule has 0 fully saturated rings. The van der Waals surface area contributed by atoms with Gasteiger partial charge in [-0.05, 0) is 24.6 Å². The van der Waals surface area contributed by atoms with Crippen molar-refractivity contribution in [1.29, 1.82) is 0 Å². The lowest BCUT2D eigenvalue weighted by atomic mass is 10.2. The Bertz CT molecular complexity index is 1070. The second kappa shape index (κ2) is 8.41. The minimum Gasteiger partial charge on any atom is -0.345 e. The van der Waals surface area contributed by atoms with E-state index in [1.165, 1.54) is 28.2 Å². The van der Waals surface area contributed by atoms with E-state index in [0.717, 1.165) is 33.4 Å². The minimum absolute atomic E-state index is 0.102. The van der Waals surface area contributed by atoms with Crippen molar-refractivity contribution in [3.63, 3.8) is 0 Å². The standard InChI is InChI=1S/C21H18N4OS2/c1-14-20(28-18(24-14)11-15-5-3-2-4-6-15)21(26)23-12-19-25-17(13-27-19)16-7-9-22-10-8-16/h2-10,13H,11-12H2,1H3,(H,23,26). The summed E-state index contributed by atoms with van der Waals surface area (Å²) in [6.45, 7) is 2.28. The van der Waals surface area contributed by atoms with Gasteiger partial charge in [-0.25, -0.2) is 9.97 Å². The highest BCUT2D eigenvalue weighted by molar-refractivity contribution is 7.13. The molecule has 7 heteroatoms. The number of hydrogen-bond donors (Lipinski definition) is 1. The first kappa shape index (κ1) is 18.5. The summed E-state index contributed by atoms with van der Waals surface area (Å²) in [5.74, 6) is -0.102. The Morgan fingerprint density at radius 2 is 1.82 bits per heavy atom. The van der Waals surface area contributed by atoms with E-state index in [0.29, 0.717) is 11.4 Å². The largest absolute Gasteiger partial charge is 0.345 e. The van der Waals surface area contributed by atoms with Crippen LogP contribution in [0.4, 0.5) is 0 Å². The quantitative estimate of drug-likeness (QED) is 0.512. The maximum Gasteiger partial charge on any atom is 0.263 e. The highest BCUT2D eigenvalue weighted by Gasteiger charge is 2.16. The van der Waals surface area contributed by atoms with Crippen LogP contribution >= 0.6 is 22.7 Å². The Kier molecular flexibility index (Phi) is 5.55. The fourth-order valence-corrected chi connectivity index (χ4v) is 4.55. The average molecular weight is 407 g/mol. The van der Waals surface area contributed by atoms with Crippen LogP contribution in [0.15, 0.2) is 60.2 Å². The number of nitrogens with one attached hydrogen (secondary N) is 1. The van der Waals surface area contributed by atoms with Crippen molar-refractivity contribution in [2.45, 2.75) is 19.9 Å². The molecule has 0 atom stereocenters. The Labute approximate surface area is 171 Å². The molecule has 28 heavy (non-hydrogen) atoms. The van der Waals surface area contributed by atoms with Crippen molar-refractivity contribution >= 4 is 28.6 Å². The van der Waals surface area contributed by atoms with Gasteiger partial charge in [0, 0.05) is 29.8 Å². The van der Waals surface area contributed by atoms with E-state index in [2.05, 4.69) is 32.4 Å². The number of carbonyl (C=O) groups excluding carboxylic acids is 1. The van der Waals surface area contributed by atoms with E-state index >= 15 is 0 Å². The molecule has 0 aliphatic heterocycles. The molecule has 0 aliphatic carbocycles. The van der Waals surface area contributed by atoms with Crippen LogP contribution in [-0.4, -0.2) is 20.9 Å². The molecule has 0 unspecified atom stereocenters. The van der Waals surface area contributed by atoms with Gasteiger partial charge < -0.3 is 5.32 Å². The van der Waals surface area contributed by atoms with Crippen LogP contribution in [0.25, 0.3) is 11.3 Å². The summed E-state index contributed by atoms with van der Waals surface area (Å²) in [7, 11) is 0. The van der Waals surface area contributed by atoms with Gasteiger partial charge in [0.25, 0.3) is 5.91 Å². The van der Waals surface area contributed by atoms with E-state index in [1.54, 1.807) is 12.4 Å². The molecule has 140 valence electrons. The molecule has 0 aliphatic rings. The first-order valence-corrected chi connectivity index (χ1v) is 10.5. The topological polar surface area (TPSA) is 67.8 Å². The summed E-state index contributed by atoms with van der Waals surface area (Å²) in [6, 6.07) is 14.0. The summed E-state index contributed by atoms with van der Waals surface area (Å²) in [5, 5.41) is 6.77. The molecule has 0 bridgehead atoms. The molecule has 3 heterocycles. The van der Waals surface area contributed by atoms with Gasteiger partial charge >= 0.3 is 0 Å². The second-order valence-electron chi connectivity index (χ2n) is 6.23. The highest BCUT2D eigenvalue weighted by atomic mass is 32.1. The number of hydrogen-bond acceptors (Lipinski definition) is 6. The van der Waals surface area contributed by atoms with Crippen LogP contribution < -0.4 is 5.32 Å². The first-order valence-electron chi connectivity index (χ1n) is 8.82. The van der Waals surface area contributed by atoms with E-state index in [9.17, 15) is 4.79 Å². The van der Waals surface area contributed by atoms with Crippen molar-refractivity contribution in [1.82, 2.24) is 20.3 Å². The highest BCUT2D eigenvalue weighted by Crippen LogP contribution is 2.23. The lowest BCUT2D eigenvalue weighted by Crippen LogP contribution is -2.22. The molecule has 1 N–H and O–H groups in total. The van der Waals surface area contributed by atoms with Crippen LogP contribution in [-0.2, 0) is 13.0 Å². The predicted molar refractivity (Wildman–Crippen MR) is 113 cm³/mol. The average Bonchev–Trinajstić information content (AvgIpc) is 3.34. The molecule has 5 nitrogen and oxygen atoms in total. The fraction of sp³-hybridized carbons (Fsp3) is 0.143. The number of thiazole rings is 2.